The molecule has 2 aliphatic carbocycles. The van der Waals surface area contributed by atoms with Gasteiger partial charge in [-0.1, -0.05) is 0 Å². The smallest absolute Gasteiger partial charge is 1.00 e. The van der Waals surface area contributed by atoms with E-state index in [1.54, 1.807) is 9.61 Å². The van der Waals surface area contributed by atoms with Crippen molar-refractivity contribution in [2.75, 3.05) is 0 Å². The van der Waals surface area contributed by atoms with Crippen LogP contribution in [0, 0.1) is 0 Å². The maximum Gasteiger partial charge on any atom is -1.00 e. The Kier molecular flexibility index (Phi) is 6.41. The number of rotatable bonds is 3. The number of aromatic nitrogens is 3. The van der Waals surface area contributed by atoms with E-state index in [-0.39, 0.29) is 24.8 Å². The van der Waals surface area contributed by atoms with Crippen LogP contribution in [0.4, 0.5) is 0 Å². The summed E-state index contributed by atoms with van der Waals surface area (Å²) in [6.07, 6.45) is 9.28. The zero-order valence-corrected chi connectivity index (χ0v) is 17.5. The normalized spacial score (nSPS) is 18.2. The minimum absolute atomic E-state index is 0. The van der Waals surface area contributed by atoms with Gasteiger partial charge in [-0.3, -0.25) is 0 Å². The maximum atomic E-state index is 4.38. The van der Waals surface area contributed by atoms with E-state index in [1.165, 1.54) is 28.0 Å². The molecule has 0 saturated carbocycles. The Morgan fingerprint density at radius 2 is 1.96 bits per heavy atom. The molecule has 1 atom stereocenters. The van der Waals surface area contributed by atoms with Crippen LogP contribution in [0.1, 0.15) is 35.0 Å². The predicted octanol–water partition coefficient (Wildman–Crippen LogP) is -1.95. The summed E-state index contributed by atoms with van der Waals surface area (Å²) in [6, 6.07) is 8.77. The summed E-state index contributed by atoms with van der Waals surface area (Å²) in [5, 5.41) is 4.38. The average molecular weight is 437 g/mol. The third-order valence-corrected chi connectivity index (χ3v) is 9.05. The summed E-state index contributed by atoms with van der Waals surface area (Å²) >= 11 is -0.754. The number of allylic oxidation sites excluding steroid dienone is 5. The molecular weight excluding hydrogens is 420 g/mol. The number of fused-ring (bicyclic) bond motifs is 1. The van der Waals surface area contributed by atoms with Crippen LogP contribution in [0.15, 0.2) is 57.4 Å². The molecule has 0 fully saturated rings. The SMILES string of the molecule is CC1=CC[C]([Zr+2][CH]2C(n3cncn3)=Cc3ccccc32)=C1C.[Cl-].[Cl-]. The first kappa shape index (κ1) is 19.4. The summed E-state index contributed by atoms with van der Waals surface area (Å²) in [4.78, 5) is 4.13. The van der Waals surface area contributed by atoms with Crippen LogP contribution in [0.2, 0.25) is 0 Å². The Bertz CT molecular complexity index is 823. The molecule has 1 heterocycles. The Hall–Kier alpha value is -0.957. The maximum absolute atomic E-state index is 4.38. The van der Waals surface area contributed by atoms with E-state index >= 15 is 0 Å². The quantitative estimate of drug-likeness (QED) is 0.559. The molecule has 122 valence electrons. The number of hydrogen-bond acceptors (Lipinski definition) is 2. The minimum atomic E-state index is -0.754. The summed E-state index contributed by atoms with van der Waals surface area (Å²) in [6.45, 7) is 4.52. The van der Waals surface area contributed by atoms with Crippen molar-refractivity contribution in [3.63, 3.8) is 0 Å². The molecule has 0 aliphatic heterocycles. The van der Waals surface area contributed by atoms with E-state index in [0.717, 1.165) is 6.42 Å². The zero-order valence-electron chi connectivity index (χ0n) is 13.5. The summed E-state index contributed by atoms with van der Waals surface area (Å²) in [7, 11) is 0. The van der Waals surface area contributed by atoms with Crippen molar-refractivity contribution < 1.29 is 48.0 Å². The zero-order chi connectivity index (χ0) is 15.1. The van der Waals surface area contributed by atoms with Gasteiger partial charge in [0.05, 0.1) is 0 Å². The van der Waals surface area contributed by atoms with E-state index in [0.29, 0.717) is 3.63 Å². The fourth-order valence-corrected chi connectivity index (χ4v) is 7.48. The van der Waals surface area contributed by atoms with Gasteiger partial charge in [-0.2, -0.15) is 0 Å². The largest absolute Gasteiger partial charge is 1.00 e. The van der Waals surface area contributed by atoms with Crippen LogP contribution >= 0.6 is 0 Å². The van der Waals surface area contributed by atoms with Gasteiger partial charge in [0.15, 0.2) is 0 Å². The van der Waals surface area contributed by atoms with Crippen molar-refractivity contribution in [3.05, 3.63) is 68.6 Å². The topological polar surface area (TPSA) is 30.7 Å². The van der Waals surface area contributed by atoms with Crippen molar-refractivity contribution >= 4 is 11.8 Å². The van der Waals surface area contributed by atoms with Crippen LogP contribution in [0.5, 0.6) is 0 Å². The molecule has 6 heteroatoms. The van der Waals surface area contributed by atoms with E-state index in [4.69, 9.17) is 0 Å². The molecule has 2 aliphatic rings. The predicted molar refractivity (Wildman–Crippen MR) is 84.4 cm³/mol. The van der Waals surface area contributed by atoms with Crippen molar-refractivity contribution in [1.82, 2.24) is 14.8 Å². The van der Waals surface area contributed by atoms with E-state index < -0.39 is 23.2 Å². The van der Waals surface area contributed by atoms with Gasteiger partial charge in [-0.05, 0) is 0 Å². The van der Waals surface area contributed by atoms with Gasteiger partial charge in [-0.15, -0.1) is 0 Å². The molecule has 0 saturated heterocycles. The molecule has 24 heavy (non-hydrogen) atoms. The monoisotopic (exact) mass is 435 g/mol. The molecule has 0 bridgehead atoms. The summed E-state index contributed by atoms with van der Waals surface area (Å²) in [5.74, 6) is 0. The molecular formula is C18H17Cl2N3Zr. The van der Waals surface area contributed by atoms with Crippen LogP contribution in [0.3, 0.4) is 0 Å². The van der Waals surface area contributed by atoms with Crippen molar-refractivity contribution in [3.8, 4) is 0 Å². The Morgan fingerprint density at radius 1 is 1.17 bits per heavy atom. The second-order valence-corrected chi connectivity index (χ2v) is 9.42. The van der Waals surface area contributed by atoms with Crippen molar-refractivity contribution in [2.45, 2.75) is 23.9 Å². The second kappa shape index (κ2) is 7.95. The van der Waals surface area contributed by atoms with Crippen LogP contribution in [-0.2, 0) is 23.2 Å². The number of hydrogen-bond donors (Lipinski definition) is 0. The first-order chi connectivity index (χ1) is 10.7. The standard InChI is InChI=1S/C11H8N3.C7H9.2ClH.Zr/c1-2-4-10-6-11(5-9(10)3-1)14-8-12-7-13-14;1-6-4-3-5-7(6)2;;;/h1-8H;4H,3H2,1-2H3;2*1H;/q;;;;+2/p-2. The molecule has 3 nitrogen and oxygen atoms in total. The van der Waals surface area contributed by atoms with Crippen LogP contribution in [-0.4, -0.2) is 14.8 Å². The molecule has 0 radical (unpaired) electrons. The molecule has 1 aromatic carbocycles. The molecule has 1 unspecified atom stereocenters. The molecule has 0 spiro atoms. The van der Waals surface area contributed by atoms with Gasteiger partial charge in [-0.25, -0.2) is 0 Å². The number of nitrogens with zero attached hydrogens (tertiary/aromatic N) is 3. The summed E-state index contributed by atoms with van der Waals surface area (Å²) in [5.41, 5.74) is 7.13. The van der Waals surface area contributed by atoms with E-state index in [1.807, 2.05) is 11.0 Å². The van der Waals surface area contributed by atoms with Crippen molar-refractivity contribution in [1.29, 1.82) is 0 Å². The van der Waals surface area contributed by atoms with E-state index in [9.17, 15) is 0 Å². The summed E-state index contributed by atoms with van der Waals surface area (Å²) < 4.78 is 4.20. The molecule has 4 rings (SSSR count). The van der Waals surface area contributed by atoms with E-state index in [2.05, 4.69) is 60.3 Å². The molecule has 1 aromatic heterocycles. The third-order valence-electron chi connectivity index (χ3n) is 4.56. The Morgan fingerprint density at radius 3 is 2.62 bits per heavy atom. The molecule has 0 N–H and O–H groups in total. The second-order valence-electron chi connectivity index (χ2n) is 5.81. The Balaban J connectivity index is 0.00000104. The first-order valence-electron chi connectivity index (χ1n) is 7.53. The van der Waals surface area contributed by atoms with Crippen LogP contribution in [0.25, 0.3) is 11.8 Å². The number of halogens is 2. The molecule has 2 aromatic rings. The minimum Gasteiger partial charge on any atom is -1.00 e. The van der Waals surface area contributed by atoms with Gasteiger partial charge in [0, 0.05) is 0 Å². The van der Waals surface area contributed by atoms with Crippen molar-refractivity contribution in [2.24, 2.45) is 0 Å². The fraction of sp³-hybridized carbons (Fsp3) is 0.222. The van der Waals surface area contributed by atoms with Gasteiger partial charge in [0.25, 0.3) is 0 Å². The van der Waals surface area contributed by atoms with Crippen LogP contribution < -0.4 is 24.8 Å². The first-order valence-corrected chi connectivity index (χ1v) is 10.2. The third kappa shape index (κ3) is 3.38. The average Bonchev–Trinajstić information content (AvgIpc) is 3.23. The van der Waals surface area contributed by atoms with Gasteiger partial charge >= 0.3 is 142 Å². The fourth-order valence-electron chi connectivity index (χ4n) is 3.14. The number of benzene rings is 1. The Labute approximate surface area is 166 Å². The van der Waals surface area contributed by atoms with Gasteiger partial charge < -0.3 is 24.8 Å². The van der Waals surface area contributed by atoms with Gasteiger partial charge in [0.2, 0.25) is 0 Å². The molecule has 0 amide bonds. The van der Waals surface area contributed by atoms with Gasteiger partial charge in [0.1, 0.15) is 0 Å².